The van der Waals surface area contributed by atoms with Gasteiger partial charge in [-0.2, -0.15) is 0 Å². The van der Waals surface area contributed by atoms with Crippen molar-refractivity contribution in [2.75, 3.05) is 18.0 Å². The van der Waals surface area contributed by atoms with Crippen LogP contribution >= 0.6 is 11.5 Å². The minimum absolute atomic E-state index is 0.164. The first-order valence-electron chi connectivity index (χ1n) is 10.1. The minimum atomic E-state index is -1.42. The highest BCUT2D eigenvalue weighted by molar-refractivity contribution is 7.12. The molecule has 1 saturated carbocycles. The predicted octanol–water partition coefficient (Wildman–Crippen LogP) is 3.22. The van der Waals surface area contributed by atoms with Gasteiger partial charge in [-0.1, -0.05) is 13.3 Å². The topological polar surface area (TPSA) is 84.1 Å². The van der Waals surface area contributed by atoms with Gasteiger partial charge < -0.3 is 15.2 Å². The van der Waals surface area contributed by atoms with Crippen molar-refractivity contribution in [3.8, 4) is 0 Å². The summed E-state index contributed by atoms with van der Waals surface area (Å²) in [6, 6.07) is -0.452. The third kappa shape index (κ3) is 2.66. The van der Waals surface area contributed by atoms with Gasteiger partial charge in [-0.3, -0.25) is 14.0 Å². The van der Waals surface area contributed by atoms with E-state index in [9.17, 15) is 9.59 Å². The number of H-pyrrole nitrogens is 1. The smallest absolute Gasteiger partial charge is 0.271 e. The van der Waals surface area contributed by atoms with Crippen LogP contribution in [-0.2, 0) is 0 Å². The number of aromatic amines is 1. The van der Waals surface area contributed by atoms with E-state index in [1.807, 2.05) is 6.92 Å². The fourth-order valence-electron chi connectivity index (χ4n) is 4.66. The first kappa shape index (κ1) is 19.6. The van der Waals surface area contributed by atoms with Crippen LogP contribution in [-0.4, -0.2) is 28.1 Å². The van der Waals surface area contributed by atoms with E-state index in [-0.39, 0.29) is 40.3 Å². The van der Waals surface area contributed by atoms with Crippen LogP contribution < -0.4 is 21.6 Å². The van der Waals surface area contributed by atoms with Gasteiger partial charge in [0.2, 0.25) is 5.43 Å². The molecule has 3 N–H and O–H groups in total. The molecule has 30 heavy (non-hydrogen) atoms. The fraction of sp³-hybridized carbons (Fsp3) is 0.500. The second-order valence-corrected chi connectivity index (χ2v) is 9.02. The summed E-state index contributed by atoms with van der Waals surface area (Å²) in [5.74, 6) is -3.57. The summed E-state index contributed by atoms with van der Waals surface area (Å²) in [6.07, 6.45) is 2.92. The molecule has 0 radical (unpaired) electrons. The highest BCUT2D eigenvalue weighted by Crippen LogP contribution is 2.43. The van der Waals surface area contributed by atoms with E-state index in [4.69, 9.17) is 5.73 Å². The zero-order valence-electron chi connectivity index (χ0n) is 16.3. The van der Waals surface area contributed by atoms with Gasteiger partial charge in [-0.15, -0.1) is 0 Å². The SMILES string of the molecule is CCC1CCN(c2c(F)c(F)c3c(=O)c4c(=O)[nH]sc4n(C4CC4)c3c2F)CC1N. The Kier molecular flexibility index (Phi) is 4.48. The average Bonchev–Trinajstić information content (AvgIpc) is 3.48. The number of nitrogens with two attached hydrogens (primary N) is 1. The molecule has 160 valence electrons. The zero-order chi connectivity index (χ0) is 21.3. The highest BCUT2D eigenvalue weighted by Gasteiger charge is 2.36. The number of hydrogen-bond acceptors (Lipinski definition) is 5. The fourth-order valence-corrected chi connectivity index (χ4v) is 5.58. The van der Waals surface area contributed by atoms with Gasteiger partial charge in [0.15, 0.2) is 17.5 Å². The van der Waals surface area contributed by atoms with Gasteiger partial charge in [0.1, 0.15) is 15.9 Å². The largest absolute Gasteiger partial charge is 0.365 e. The molecule has 0 bridgehead atoms. The lowest BCUT2D eigenvalue weighted by molar-refractivity contribution is 0.338. The van der Waals surface area contributed by atoms with Crippen molar-refractivity contribution in [1.29, 1.82) is 0 Å². The van der Waals surface area contributed by atoms with Crippen molar-refractivity contribution in [3.05, 3.63) is 38.0 Å². The number of fused-ring (bicyclic) bond motifs is 2. The number of rotatable bonds is 3. The molecule has 1 aliphatic heterocycles. The van der Waals surface area contributed by atoms with Gasteiger partial charge in [-0.25, -0.2) is 13.2 Å². The molecule has 2 fully saturated rings. The highest BCUT2D eigenvalue weighted by atomic mass is 32.1. The Bertz CT molecular complexity index is 1290. The lowest BCUT2D eigenvalue weighted by Gasteiger charge is -2.38. The second kappa shape index (κ2) is 6.84. The van der Waals surface area contributed by atoms with Crippen molar-refractivity contribution in [2.45, 2.75) is 44.7 Å². The summed E-state index contributed by atoms with van der Waals surface area (Å²) in [5.41, 5.74) is 3.77. The average molecular weight is 438 g/mol. The molecule has 3 heterocycles. The van der Waals surface area contributed by atoms with Crippen LogP contribution in [0, 0.1) is 23.4 Å². The third-order valence-corrected chi connectivity index (χ3v) is 7.31. The third-order valence-electron chi connectivity index (χ3n) is 6.43. The molecule has 2 aliphatic rings. The van der Waals surface area contributed by atoms with E-state index in [0.717, 1.165) is 18.0 Å². The number of aromatic nitrogens is 2. The lowest BCUT2D eigenvalue weighted by atomic mass is 9.89. The molecule has 0 amide bonds. The van der Waals surface area contributed by atoms with Crippen molar-refractivity contribution >= 4 is 38.3 Å². The maximum atomic E-state index is 15.8. The Morgan fingerprint density at radius 3 is 2.47 bits per heavy atom. The van der Waals surface area contributed by atoms with Gasteiger partial charge in [0.05, 0.1) is 10.9 Å². The van der Waals surface area contributed by atoms with E-state index in [0.29, 0.717) is 25.8 Å². The summed E-state index contributed by atoms with van der Waals surface area (Å²) in [7, 11) is 0. The molecule has 5 rings (SSSR count). The number of halogens is 3. The van der Waals surface area contributed by atoms with Crippen molar-refractivity contribution in [3.63, 3.8) is 0 Å². The minimum Gasteiger partial charge on any atom is -0.365 e. The number of nitrogens with zero attached hydrogens (tertiary/aromatic N) is 2. The summed E-state index contributed by atoms with van der Waals surface area (Å²) in [5, 5.41) is -0.958. The Morgan fingerprint density at radius 2 is 1.83 bits per heavy atom. The number of piperidine rings is 1. The monoisotopic (exact) mass is 438 g/mol. The maximum absolute atomic E-state index is 15.8. The molecule has 1 aromatic carbocycles. The Balaban J connectivity index is 1.83. The normalized spacial score (nSPS) is 22.4. The van der Waals surface area contributed by atoms with Crippen LogP contribution in [0.5, 0.6) is 0 Å². The predicted molar refractivity (Wildman–Crippen MR) is 111 cm³/mol. The quantitative estimate of drug-likeness (QED) is 0.615. The number of nitrogens with one attached hydrogen (secondary N) is 1. The molecule has 1 saturated heterocycles. The Labute approximate surface area is 173 Å². The summed E-state index contributed by atoms with van der Waals surface area (Å²) < 4.78 is 50.1. The number of pyridine rings is 1. The zero-order valence-corrected chi connectivity index (χ0v) is 17.1. The van der Waals surface area contributed by atoms with Crippen LogP contribution in [0.2, 0.25) is 0 Å². The van der Waals surface area contributed by atoms with E-state index >= 15 is 13.2 Å². The number of benzene rings is 1. The molecule has 1 aliphatic carbocycles. The first-order valence-corrected chi connectivity index (χ1v) is 10.9. The molecular weight excluding hydrogens is 417 g/mol. The van der Waals surface area contributed by atoms with Crippen LogP contribution in [0.25, 0.3) is 21.1 Å². The van der Waals surface area contributed by atoms with Crippen LogP contribution in [0.3, 0.4) is 0 Å². The van der Waals surface area contributed by atoms with Crippen molar-refractivity contribution < 1.29 is 13.2 Å². The van der Waals surface area contributed by atoms with Crippen molar-refractivity contribution in [2.24, 2.45) is 11.7 Å². The molecule has 6 nitrogen and oxygen atoms in total. The summed E-state index contributed by atoms with van der Waals surface area (Å²) >= 11 is 0.911. The second-order valence-electron chi connectivity index (χ2n) is 8.22. The lowest BCUT2D eigenvalue weighted by Crippen LogP contribution is -2.49. The first-order chi connectivity index (χ1) is 14.3. The maximum Gasteiger partial charge on any atom is 0.271 e. The number of hydrogen-bond donors (Lipinski definition) is 2. The van der Waals surface area contributed by atoms with Gasteiger partial charge in [0.25, 0.3) is 5.56 Å². The van der Waals surface area contributed by atoms with E-state index in [1.54, 1.807) is 0 Å². The van der Waals surface area contributed by atoms with Gasteiger partial charge in [-0.05, 0) is 36.7 Å². The number of anilines is 1. The molecule has 0 spiro atoms. The van der Waals surface area contributed by atoms with Crippen LogP contribution in [0.4, 0.5) is 18.9 Å². The molecule has 2 atom stereocenters. The molecule has 2 unspecified atom stereocenters. The standard InChI is InChI=1S/C20H21F3N4O2S/c1-2-8-5-6-26(7-10(8)24)17-14(22)13(21)11-16(15(17)23)27(9-3-4-9)20-12(18(11)28)19(29)25-30-20/h8-10H,2-7,24H2,1H3,(H,25,29). The molecular formula is C20H21F3N4O2S. The van der Waals surface area contributed by atoms with E-state index < -0.39 is 39.5 Å². The molecule has 10 heteroatoms. The summed E-state index contributed by atoms with van der Waals surface area (Å²) in [6.45, 7) is 2.56. The molecule has 3 aromatic rings. The van der Waals surface area contributed by atoms with Gasteiger partial charge in [0, 0.05) is 25.2 Å². The Morgan fingerprint density at radius 1 is 1.10 bits per heavy atom. The van der Waals surface area contributed by atoms with Crippen LogP contribution in [0.1, 0.15) is 38.6 Å². The van der Waals surface area contributed by atoms with Crippen molar-refractivity contribution in [1.82, 2.24) is 8.94 Å². The summed E-state index contributed by atoms with van der Waals surface area (Å²) in [4.78, 5) is 26.7. The molecule has 2 aromatic heterocycles. The van der Waals surface area contributed by atoms with E-state index in [1.165, 1.54) is 9.47 Å². The Hall–Kier alpha value is -2.33. The van der Waals surface area contributed by atoms with Gasteiger partial charge >= 0.3 is 0 Å². The van der Waals surface area contributed by atoms with E-state index in [2.05, 4.69) is 4.37 Å². The van der Waals surface area contributed by atoms with Crippen LogP contribution in [0.15, 0.2) is 9.59 Å².